The number of methoxy groups -OCH3 is 2. The number of hydrogen-bond acceptors (Lipinski definition) is 2. The molecule has 33 heavy (non-hydrogen) atoms. The van der Waals surface area contributed by atoms with Gasteiger partial charge in [-0.2, -0.15) is 0 Å². The van der Waals surface area contributed by atoms with E-state index in [-0.39, 0.29) is 22.5 Å². The first-order valence-corrected chi connectivity index (χ1v) is 9.84. The maximum Gasteiger partial charge on any atom is 0.167 e. The third-order valence-corrected chi connectivity index (χ3v) is 4.71. The van der Waals surface area contributed by atoms with Gasteiger partial charge in [0.2, 0.25) is 0 Å². The molecule has 0 N–H and O–H groups in total. The molecular formula is C28H25F3O2. The summed E-state index contributed by atoms with van der Waals surface area (Å²) in [6, 6.07) is 9.65. The largest absolute Gasteiger partial charge is 0.497 e. The highest BCUT2D eigenvalue weighted by Crippen LogP contribution is 2.28. The fourth-order valence-corrected chi connectivity index (χ4v) is 2.69. The zero-order chi connectivity index (χ0) is 24.5. The first-order chi connectivity index (χ1) is 15.7. The van der Waals surface area contributed by atoms with Gasteiger partial charge in [-0.3, -0.25) is 0 Å². The van der Waals surface area contributed by atoms with Crippen molar-refractivity contribution in [3.05, 3.63) is 133 Å². The Kier molecular flexibility index (Phi) is 8.87. The van der Waals surface area contributed by atoms with Crippen LogP contribution >= 0.6 is 0 Å². The molecule has 0 bridgehead atoms. The number of ether oxygens (including phenoxy) is 2. The van der Waals surface area contributed by atoms with Crippen LogP contribution in [0.4, 0.5) is 13.2 Å². The molecule has 0 spiro atoms. The molecule has 2 aromatic carbocycles. The van der Waals surface area contributed by atoms with Crippen LogP contribution in [0.25, 0.3) is 17.2 Å². The van der Waals surface area contributed by atoms with Gasteiger partial charge in [0.1, 0.15) is 17.3 Å². The Balaban J connectivity index is 2.12. The van der Waals surface area contributed by atoms with Crippen molar-refractivity contribution < 1.29 is 22.6 Å². The van der Waals surface area contributed by atoms with Gasteiger partial charge >= 0.3 is 0 Å². The van der Waals surface area contributed by atoms with E-state index in [4.69, 9.17) is 9.47 Å². The van der Waals surface area contributed by atoms with Crippen LogP contribution in [0.5, 0.6) is 5.75 Å². The number of hydrogen-bond donors (Lipinski definition) is 0. The summed E-state index contributed by atoms with van der Waals surface area (Å²) in [5, 5.41) is 0. The summed E-state index contributed by atoms with van der Waals surface area (Å²) in [4.78, 5) is 0. The van der Waals surface area contributed by atoms with Gasteiger partial charge in [0.15, 0.2) is 11.6 Å². The Bertz CT molecular complexity index is 1170. The number of benzene rings is 2. The van der Waals surface area contributed by atoms with Crippen molar-refractivity contribution >= 4 is 6.08 Å². The van der Waals surface area contributed by atoms with E-state index in [9.17, 15) is 13.2 Å². The monoisotopic (exact) mass is 450 g/mol. The second-order valence-electron chi connectivity index (χ2n) is 6.97. The zero-order valence-electron chi connectivity index (χ0n) is 18.6. The number of rotatable bonds is 10. The summed E-state index contributed by atoms with van der Waals surface area (Å²) in [5.74, 6) is -1.79. The molecule has 0 heterocycles. The predicted molar refractivity (Wildman–Crippen MR) is 129 cm³/mol. The summed E-state index contributed by atoms with van der Waals surface area (Å²) in [7, 11) is 2.91. The lowest BCUT2D eigenvalue weighted by atomic mass is 10.0. The first kappa shape index (κ1) is 25.3. The Morgan fingerprint density at radius 1 is 0.848 bits per heavy atom. The average Bonchev–Trinajstić information content (AvgIpc) is 2.82. The van der Waals surface area contributed by atoms with Crippen molar-refractivity contribution in [3.63, 3.8) is 0 Å². The molecule has 0 saturated heterocycles. The summed E-state index contributed by atoms with van der Waals surface area (Å²) >= 11 is 0. The van der Waals surface area contributed by atoms with Gasteiger partial charge < -0.3 is 9.47 Å². The molecule has 0 aliphatic heterocycles. The molecule has 0 radical (unpaired) electrons. The standard InChI is InChI=1S/C28H25F3O2/c1-18(7-9-19(2)21(4)26(29)17-20(3)32-5)8-10-23-13-16-25(28(31)27(23)30)22-11-14-24(33-6)15-12-22/h7-17H,1-4H2,5-6H3/b9-7-,10-8+,26-17+. The highest BCUT2D eigenvalue weighted by atomic mass is 19.2. The molecule has 2 aromatic rings. The van der Waals surface area contributed by atoms with Crippen molar-refractivity contribution in [1.82, 2.24) is 0 Å². The highest BCUT2D eigenvalue weighted by molar-refractivity contribution is 5.68. The summed E-state index contributed by atoms with van der Waals surface area (Å²) < 4.78 is 53.2. The van der Waals surface area contributed by atoms with E-state index in [1.54, 1.807) is 30.3 Å². The smallest absolute Gasteiger partial charge is 0.167 e. The van der Waals surface area contributed by atoms with Crippen molar-refractivity contribution in [2.75, 3.05) is 14.2 Å². The van der Waals surface area contributed by atoms with Gasteiger partial charge in [-0.15, -0.1) is 0 Å². The van der Waals surface area contributed by atoms with E-state index in [1.165, 1.54) is 44.6 Å². The zero-order valence-corrected chi connectivity index (χ0v) is 18.6. The van der Waals surface area contributed by atoms with Crippen LogP contribution in [-0.4, -0.2) is 14.2 Å². The van der Waals surface area contributed by atoms with Gasteiger partial charge in [-0.05, 0) is 28.8 Å². The Labute approximate surface area is 192 Å². The molecule has 2 rings (SSSR count). The van der Waals surface area contributed by atoms with Crippen LogP contribution in [0.3, 0.4) is 0 Å². The minimum absolute atomic E-state index is 0.0588. The van der Waals surface area contributed by atoms with E-state index >= 15 is 0 Å². The van der Waals surface area contributed by atoms with Crippen LogP contribution in [0, 0.1) is 11.6 Å². The molecule has 0 atom stereocenters. The van der Waals surface area contributed by atoms with Crippen molar-refractivity contribution in [2.24, 2.45) is 0 Å². The van der Waals surface area contributed by atoms with Gasteiger partial charge in [-0.1, -0.05) is 74.9 Å². The quantitative estimate of drug-likeness (QED) is 0.271. The topological polar surface area (TPSA) is 18.5 Å². The minimum atomic E-state index is -0.972. The number of halogens is 3. The molecule has 0 aliphatic rings. The molecule has 2 nitrogen and oxygen atoms in total. The lowest BCUT2D eigenvalue weighted by Crippen LogP contribution is -1.93. The number of allylic oxidation sites excluding steroid dienone is 8. The molecule has 0 saturated carbocycles. The van der Waals surface area contributed by atoms with E-state index in [1.807, 2.05) is 0 Å². The summed E-state index contributed by atoms with van der Waals surface area (Å²) in [6.45, 7) is 14.7. The fourth-order valence-electron chi connectivity index (χ4n) is 2.69. The third kappa shape index (κ3) is 6.74. The highest BCUT2D eigenvalue weighted by Gasteiger charge is 2.13. The Hall–Kier alpha value is -3.99. The van der Waals surface area contributed by atoms with Crippen LogP contribution < -0.4 is 4.74 Å². The molecule has 0 fully saturated rings. The molecule has 0 aliphatic carbocycles. The minimum Gasteiger partial charge on any atom is -0.497 e. The molecule has 0 amide bonds. The van der Waals surface area contributed by atoms with Crippen LogP contribution in [0.15, 0.2) is 115 Å². The van der Waals surface area contributed by atoms with E-state index < -0.39 is 17.5 Å². The van der Waals surface area contributed by atoms with Crippen molar-refractivity contribution in [1.29, 1.82) is 0 Å². The average molecular weight is 451 g/mol. The first-order valence-electron chi connectivity index (χ1n) is 9.84. The van der Waals surface area contributed by atoms with E-state index in [0.29, 0.717) is 22.5 Å². The van der Waals surface area contributed by atoms with Crippen molar-refractivity contribution in [3.8, 4) is 16.9 Å². The Morgan fingerprint density at radius 2 is 1.52 bits per heavy atom. The van der Waals surface area contributed by atoms with Gasteiger partial charge in [0, 0.05) is 22.8 Å². The van der Waals surface area contributed by atoms with E-state index in [0.717, 1.165) is 6.08 Å². The summed E-state index contributed by atoms with van der Waals surface area (Å²) in [6.07, 6.45) is 7.09. The van der Waals surface area contributed by atoms with Gasteiger partial charge in [0.25, 0.3) is 0 Å². The van der Waals surface area contributed by atoms with Crippen LogP contribution in [0.1, 0.15) is 5.56 Å². The van der Waals surface area contributed by atoms with Crippen molar-refractivity contribution in [2.45, 2.75) is 0 Å². The van der Waals surface area contributed by atoms with Gasteiger partial charge in [0.05, 0.1) is 14.2 Å². The molecule has 5 heteroatoms. The SMILES string of the molecule is C=C(/C=C\C(=C)C(=C)/C(F)=C\C(=C)OC)/C=C/c1ccc(-c2ccc(OC)cc2)c(F)c1F. The molecule has 0 aromatic heterocycles. The lowest BCUT2D eigenvalue weighted by Gasteiger charge is -2.08. The lowest BCUT2D eigenvalue weighted by molar-refractivity contribution is 0.307. The third-order valence-electron chi connectivity index (χ3n) is 4.71. The van der Waals surface area contributed by atoms with E-state index in [2.05, 4.69) is 26.3 Å². The molecular weight excluding hydrogens is 425 g/mol. The van der Waals surface area contributed by atoms with Crippen LogP contribution in [-0.2, 0) is 4.74 Å². The normalized spacial score (nSPS) is 11.6. The predicted octanol–water partition coefficient (Wildman–Crippen LogP) is 7.89. The fraction of sp³-hybridized carbons (Fsp3) is 0.0714. The second-order valence-corrected chi connectivity index (χ2v) is 6.97. The molecule has 0 unspecified atom stereocenters. The second kappa shape index (κ2) is 11.6. The molecule has 170 valence electrons. The maximum atomic E-state index is 14.6. The van der Waals surface area contributed by atoms with Crippen LogP contribution in [0.2, 0.25) is 0 Å². The summed E-state index contributed by atoms with van der Waals surface area (Å²) in [5.41, 5.74) is 1.58. The van der Waals surface area contributed by atoms with Gasteiger partial charge in [-0.25, -0.2) is 13.2 Å². The maximum absolute atomic E-state index is 14.6. The Morgan fingerprint density at radius 3 is 2.12 bits per heavy atom.